The molecule has 0 saturated carbocycles. The first kappa shape index (κ1) is 13.4. The van der Waals surface area contributed by atoms with Crippen LogP contribution in [-0.2, 0) is 4.79 Å². The second kappa shape index (κ2) is 6.20. The molecule has 1 aromatic heterocycles. The summed E-state index contributed by atoms with van der Waals surface area (Å²) in [6.45, 7) is 1.79. The van der Waals surface area contributed by atoms with E-state index in [4.69, 9.17) is 16.3 Å². The van der Waals surface area contributed by atoms with Gasteiger partial charge < -0.3 is 10.1 Å². The molecule has 0 unspecified atom stereocenters. The van der Waals surface area contributed by atoms with E-state index >= 15 is 0 Å². The molecular formula is C14H13ClN2O2. The van der Waals surface area contributed by atoms with E-state index in [1.165, 1.54) is 0 Å². The molecule has 0 aliphatic rings. The van der Waals surface area contributed by atoms with Crippen LogP contribution in [0.3, 0.4) is 0 Å². The third kappa shape index (κ3) is 4.26. The molecule has 0 atom stereocenters. The summed E-state index contributed by atoms with van der Waals surface area (Å²) in [5.74, 6) is 0.856. The van der Waals surface area contributed by atoms with Gasteiger partial charge in [-0.1, -0.05) is 17.7 Å². The maximum Gasteiger partial charge on any atom is 0.263 e. The molecule has 0 fully saturated rings. The van der Waals surface area contributed by atoms with Crippen molar-refractivity contribution in [2.45, 2.75) is 6.92 Å². The number of ether oxygens (including phenoxy) is 1. The van der Waals surface area contributed by atoms with Crippen LogP contribution in [0.5, 0.6) is 5.75 Å². The van der Waals surface area contributed by atoms with Crippen LogP contribution in [0.15, 0.2) is 42.5 Å². The lowest BCUT2D eigenvalue weighted by atomic mass is 10.3. The van der Waals surface area contributed by atoms with Crippen molar-refractivity contribution in [1.29, 1.82) is 0 Å². The van der Waals surface area contributed by atoms with Gasteiger partial charge in [-0.05, 0) is 43.3 Å². The number of halogens is 1. The maximum atomic E-state index is 11.7. The molecule has 4 nitrogen and oxygen atoms in total. The van der Waals surface area contributed by atoms with Crippen molar-refractivity contribution in [3.8, 4) is 5.75 Å². The number of pyridine rings is 1. The molecule has 2 rings (SSSR count). The molecule has 0 radical (unpaired) electrons. The number of anilines is 1. The zero-order valence-corrected chi connectivity index (χ0v) is 11.1. The Morgan fingerprint density at radius 2 is 2.00 bits per heavy atom. The summed E-state index contributed by atoms with van der Waals surface area (Å²) in [5, 5.41) is 3.29. The van der Waals surface area contributed by atoms with Gasteiger partial charge in [0.05, 0.1) is 0 Å². The number of benzene rings is 1. The summed E-state index contributed by atoms with van der Waals surface area (Å²) >= 11 is 5.75. The largest absolute Gasteiger partial charge is 0.484 e. The molecule has 19 heavy (non-hydrogen) atoms. The van der Waals surface area contributed by atoms with Gasteiger partial charge in [-0.25, -0.2) is 4.98 Å². The van der Waals surface area contributed by atoms with Gasteiger partial charge in [0.2, 0.25) is 0 Å². The summed E-state index contributed by atoms with van der Waals surface area (Å²) in [5.41, 5.74) is 0.844. The minimum absolute atomic E-state index is 0.0722. The number of carbonyl (C=O) groups is 1. The Morgan fingerprint density at radius 1 is 1.26 bits per heavy atom. The van der Waals surface area contributed by atoms with Crippen LogP contribution in [0, 0.1) is 6.92 Å². The van der Waals surface area contributed by atoms with Crippen molar-refractivity contribution < 1.29 is 9.53 Å². The standard InChI is InChI=1S/C14H13ClN2O2/c1-10-3-2-4-13(16-10)17-14(18)9-19-12-7-5-11(15)6-8-12/h2-8H,9H2,1H3,(H,16,17,18). The highest BCUT2D eigenvalue weighted by Crippen LogP contribution is 2.15. The number of nitrogens with zero attached hydrogens (tertiary/aromatic N) is 1. The van der Waals surface area contributed by atoms with Crippen LogP contribution in [-0.4, -0.2) is 17.5 Å². The molecule has 2 aromatic rings. The Labute approximate surface area is 116 Å². The number of amides is 1. The van der Waals surface area contributed by atoms with Crippen LogP contribution in [0.4, 0.5) is 5.82 Å². The molecule has 1 amide bonds. The second-order valence-corrected chi connectivity index (χ2v) is 4.39. The molecular weight excluding hydrogens is 264 g/mol. The van der Waals surface area contributed by atoms with Crippen LogP contribution in [0.2, 0.25) is 5.02 Å². The summed E-state index contributed by atoms with van der Waals surface area (Å²) in [6.07, 6.45) is 0. The molecule has 0 saturated heterocycles. The number of hydrogen-bond acceptors (Lipinski definition) is 3. The third-order valence-electron chi connectivity index (χ3n) is 2.34. The van der Waals surface area contributed by atoms with E-state index in [0.717, 1.165) is 5.69 Å². The highest BCUT2D eigenvalue weighted by molar-refractivity contribution is 6.30. The number of hydrogen-bond donors (Lipinski definition) is 1. The van der Waals surface area contributed by atoms with Crippen molar-refractivity contribution >= 4 is 23.3 Å². The Morgan fingerprint density at radius 3 is 2.68 bits per heavy atom. The fourth-order valence-electron chi connectivity index (χ4n) is 1.47. The molecule has 1 N–H and O–H groups in total. The molecule has 5 heteroatoms. The Bertz CT molecular complexity index is 570. The SMILES string of the molecule is Cc1cccc(NC(=O)COc2ccc(Cl)cc2)n1. The quantitative estimate of drug-likeness (QED) is 0.934. The summed E-state index contributed by atoms with van der Waals surface area (Å²) in [4.78, 5) is 15.8. The van der Waals surface area contributed by atoms with Crippen molar-refractivity contribution in [2.75, 3.05) is 11.9 Å². The molecule has 0 aliphatic carbocycles. The zero-order valence-electron chi connectivity index (χ0n) is 10.4. The van der Waals surface area contributed by atoms with Gasteiger partial charge in [0.25, 0.3) is 5.91 Å². The van der Waals surface area contributed by atoms with Crippen molar-refractivity contribution in [3.05, 3.63) is 53.2 Å². The van der Waals surface area contributed by atoms with Gasteiger partial charge in [-0.2, -0.15) is 0 Å². The minimum Gasteiger partial charge on any atom is -0.484 e. The van der Waals surface area contributed by atoms with Crippen LogP contribution >= 0.6 is 11.6 Å². The number of carbonyl (C=O) groups excluding carboxylic acids is 1. The highest BCUT2D eigenvalue weighted by atomic mass is 35.5. The molecule has 0 spiro atoms. The second-order valence-electron chi connectivity index (χ2n) is 3.95. The van der Waals surface area contributed by atoms with Crippen molar-refractivity contribution in [1.82, 2.24) is 4.98 Å². The van der Waals surface area contributed by atoms with Gasteiger partial charge in [-0.3, -0.25) is 4.79 Å². The molecule has 0 bridgehead atoms. The lowest BCUT2D eigenvalue weighted by Crippen LogP contribution is -2.20. The van der Waals surface area contributed by atoms with E-state index in [0.29, 0.717) is 16.6 Å². The Balaban J connectivity index is 1.86. The van der Waals surface area contributed by atoms with Gasteiger partial charge >= 0.3 is 0 Å². The van der Waals surface area contributed by atoms with Crippen LogP contribution in [0.1, 0.15) is 5.69 Å². The first-order valence-electron chi connectivity index (χ1n) is 5.75. The summed E-state index contributed by atoms with van der Waals surface area (Å²) in [7, 11) is 0. The van der Waals surface area contributed by atoms with E-state index in [-0.39, 0.29) is 12.5 Å². The van der Waals surface area contributed by atoms with E-state index in [1.807, 2.05) is 19.1 Å². The lowest BCUT2D eigenvalue weighted by Gasteiger charge is -2.07. The molecule has 0 aliphatic heterocycles. The number of aryl methyl sites for hydroxylation is 1. The fraction of sp³-hybridized carbons (Fsp3) is 0.143. The predicted octanol–water partition coefficient (Wildman–Crippen LogP) is 3.06. The lowest BCUT2D eigenvalue weighted by molar-refractivity contribution is -0.118. The Hall–Kier alpha value is -2.07. The van der Waals surface area contributed by atoms with Gasteiger partial charge in [0, 0.05) is 10.7 Å². The van der Waals surface area contributed by atoms with Crippen molar-refractivity contribution in [3.63, 3.8) is 0 Å². The van der Waals surface area contributed by atoms with Crippen LogP contribution < -0.4 is 10.1 Å². The smallest absolute Gasteiger partial charge is 0.263 e. The zero-order chi connectivity index (χ0) is 13.7. The minimum atomic E-state index is -0.256. The highest BCUT2D eigenvalue weighted by Gasteiger charge is 2.04. The van der Waals surface area contributed by atoms with E-state index in [9.17, 15) is 4.79 Å². The van der Waals surface area contributed by atoms with E-state index in [2.05, 4.69) is 10.3 Å². The number of aromatic nitrogens is 1. The molecule has 1 heterocycles. The number of nitrogens with one attached hydrogen (secondary N) is 1. The summed E-state index contributed by atoms with van der Waals surface area (Å²) < 4.78 is 5.33. The van der Waals surface area contributed by atoms with Crippen molar-refractivity contribution in [2.24, 2.45) is 0 Å². The van der Waals surface area contributed by atoms with E-state index < -0.39 is 0 Å². The summed E-state index contributed by atoms with van der Waals surface area (Å²) in [6, 6.07) is 12.2. The first-order valence-corrected chi connectivity index (χ1v) is 6.13. The predicted molar refractivity (Wildman–Crippen MR) is 74.6 cm³/mol. The fourth-order valence-corrected chi connectivity index (χ4v) is 1.60. The first-order chi connectivity index (χ1) is 9.13. The normalized spacial score (nSPS) is 10.0. The van der Waals surface area contributed by atoms with Crippen LogP contribution in [0.25, 0.3) is 0 Å². The average Bonchev–Trinajstić information content (AvgIpc) is 2.38. The third-order valence-corrected chi connectivity index (χ3v) is 2.59. The number of rotatable bonds is 4. The van der Waals surface area contributed by atoms with E-state index in [1.54, 1.807) is 30.3 Å². The maximum absolute atomic E-state index is 11.7. The van der Waals surface area contributed by atoms with Gasteiger partial charge in [0.15, 0.2) is 6.61 Å². The van der Waals surface area contributed by atoms with Gasteiger partial charge in [-0.15, -0.1) is 0 Å². The monoisotopic (exact) mass is 276 g/mol. The van der Waals surface area contributed by atoms with Gasteiger partial charge in [0.1, 0.15) is 11.6 Å². The topological polar surface area (TPSA) is 51.2 Å². The molecule has 98 valence electrons. The molecule has 1 aromatic carbocycles. The Kier molecular flexibility index (Phi) is 4.36. The average molecular weight is 277 g/mol.